The highest BCUT2D eigenvalue weighted by Crippen LogP contribution is 2.40. The van der Waals surface area contributed by atoms with Gasteiger partial charge < -0.3 is 14.7 Å². The summed E-state index contributed by atoms with van der Waals surface area (Å²) in [5.74, 6) is -1.35. The van der Waals surface area contributed by atoms with Crippen LogP contribution < -0.4 is 14.8 Å². The molecule has 3 heterocycles. The topological polar surface area (TPSA) is 96.7 Å². The van der Waals surface area contributed by atoms with Crippen LogP contribution in [0.3, 0.4) is 0 Å². The molecular formula is C30H25N3O4. The molecule has 1 fully saturated rings. The Hall–Kier alpha value is -4.78. The minimum absolute atomic E-state index is 0.0704. The van der Waals surface area contributed by atoms with Gasteiger partial charge in [0.05, 0.1) is 12.6 Å². The van der Waals surface area contributed by atoms with Gasteiger partial charge in [-0.2, -0.15) is 0 Å². The van der Waals surface area contributed by atoms with Crippen LogP contribution in [0.2, 0.25) is 0 Å². The summed E-state index contributed by atoms with van der Waals surface area (Å²) in [6.07, 6.45) is 6.71. The maximum Gasteiger partial charge on any atom is 0.295 e. The first kappa shape index (κ1) is 23.9. The molecule has 1 aliphatic rings. The van der Waals surface area contributed by atoms with Crippen molar-refractivity contribution in [3.8, 4) is 5.75 Å². The zero-order valence-electron chi connectivity index (χ0n) is 20.3. The van der Waals surface area contributed by atoms with Crippen LogP contribution in [-0.2, 0) is 22.7 Å². The molecule has 1 N–H and O–H groups in total. The van der Waals surface area contributed by atoms with Crippen molar-refractivity contribution in [2.75, 3.05) is 0 Å². The molecular weight excluding hydrogens is 466 g/mol. The monoisotopic (exact) mass is 491 g/mol. The number of carbonyl (C=O) groups excluding carboxylic acids is 2. The van der Waals surface area contributed by atoms with Crippen molar-refractivity contribution < 1.29 is 24.4 Å². The number of carbonyl (C=O) groups is 2. The fourth-order valence-electron chi connectivity index (χ4n) is 4.51. The maximum atomic E-state index is 13.8. The van der Waals surface area contributed by atoms with E-state index in [1.165, 1.54) is 4.90 Å². The quantitative estimate of drug-likeness (QED) is 0.225. The summed E-state index contributed by atoms with van der Waals surface area (Å²) < 4.78 is 5.89. The van der Waals surface area contributed by atoms with Gasteiger partial charge in [0.25, 0.3) is 5.91 Å². The van der Waals surface area contributed by atoms with Gasteiger partial charge in [0.1, 0.15) is 12.4 Å². The molecule has 7 heteroatoms. The fourth-order valence-corrected chi connectivity index (χ4v) is 4.51. The highest BCUT2D eigenvalue weighted by molar-refractivity contribution is 6.46. The third-order valence-corrected chi connectivity index (χ3v) is 6.34. The standard InChI is InChI=1S/C30H25N3O4/c1-20-15-24(37-19-21-7-3-2-4-8-21)11-12-25(20)28(34)26-27(23-10-6-14-32-17-23)33(30(36)29(26)35)18-22-9-5-13-31-16-22/h2-17,27,34H,18-19H2,1H3/b28-26+. The van der Waals surface area contributed by atoms with Crippen LogP contribution in [0.25, 0.3) is 5.76 Å². The molecule has 2 aromatic heterocycles. The molecule has 184 valence electrons. The number of Topliss-reactive ketones (excluding diaryl/α,β-unsaturated/α-hetero) is 1. The van der Waals surface area contributed by atoms with E-state index in [2.05, 4.69) is 9.97 Å². The van der Waals surface area contributed by atoms with Crippen LogP contribution in [0, 0.1) is 6.92 Å². The van der Waals surface area contributed by atoms with Crippen LogP contribution in [0.15, 0.2) is 103 Å². The number of ketones is 1. The van der Waals surface area contributed by atoms with Crippen LogP contribution in [0.4, 0.5) is 0 Å². The summed E-state index contributed by atoms with van der Waals surface area (Å²) in [6.45, 7) is 2.36. The Morgan fingerprint density at radius 3 is 2.54 bits per heavy atom. The molecule has 1 saturated heterocycles. The molecule has 0 saturated carbocycles. The second-order valence-electron chi connectivity index (χ2n) is 8.86. The Morgan fingerprint density at radius 2 is 1.84 bits per heavy atom. The molecule has 0 aliphatic carbocycles. The number of aryl methyl sites for hydroxylation is 1. The van der Waals surface area contributed by atoms with Gasteiger partial charge in [-0.25, -0.2) is 4.98 Å². The van der Waals surface area contributed by atoms with Gasteiger partial charge in [-0.05, 0) is 53.4 Å². The molecule has 1 amide bonds. The largest absolute Gasteiger partial charge is 0.872 e. The van der Waals surface area contributed by atoms with Crippen LogP contribution in [0.5, 0.6) is 5.75 Å². The van der Waals surface area contributed by atoms with Crippen molar-refractivity contribution in [3.63, 3.8) is 0 Å². The third kappa shape index (κ3) is 4.97. The highest BCUT2D eigenvalue weighted by atomic mass is 16.5. The van der Waals surface area contributed by atoms with Gasteiger partial charge in [-0.1, -0.05) is 48.2 Å². The molecule has 4 aromatic rings. The van der Waals surface area contributed by atoms with E-state index in [0.29, 0.717) is 29.0 Å². The maximum absolute atomic E-state index is 13.8. The SMILES string of the molecule is Cc1cc(OCc2ccccc2)ccc1/C([O-])=C1\C(=O)C(=O)N(Cc2ccc[nH+]c2)C1c1cccnc1. The number of benzene rings is 2. The van der Waals surface area contributed by atoms with Gasteiger partial charge in [0.15, 0.2) is 12.4 Å². The summed E-state index contributed by atoms with van der Waals surface area (Å²) in [5.41, 5.74) is 3.38. The minimum Gasteiger partial charge on any atom is -0.872 e. The number of nitrogens with one attached hydrogen (secondary N) is 1. The van der Waals surface area contributed by atoms with Crippen molar-refractivity contribution >= 4 is 17.4 Å². The first-order chi connectivity index (χ1) is 18.0. The number of pyridine rings is 2. The molecule has 0 bridgehead atoms. The predicted octanol–water partition coefficient (Wildman–Crippen LogP) is 3.21. The third-order valence-electron chi connectivity index (χ3n) is 6.34. The number of amides is 1. The van der Waals surface area contributed by atoms with Gasteiger partial charge in [-0.3, -0.25) is 14.6 Å². The van der Waals surface area contributed by atoms with Crippen LogP contribution in [-0.4, -0.2) is 21.6 Å². The predicted molar refractivity (Wildman–Crippen MR) is 134 cm³/mol. The Balaban J connectivity index is 1.51. The van der Waals surface area contributed by atoms with E-state index in [0.717, 1.165) is 11.1 Å². The van der Waals surface area contributed by atoms with E-state index in [1.54, 1.807) is 62.0 Å². The number of hydrogen-bond donors (Lipinski definition) is 0. The smallest absolute Gasteiger partial charge is 0.295 e. The number of aromatic nitrogens is 2. The average Bonchev–Trinajstić information content (AvgIpc) is 3.18. The lowest BCUT2D eigenvalue weighted by Crippen LogP contribution is -2.29. The van der Waals surface area contributed by atoms with E-state index < -0.39 is 23.5 Å². The molecule has 37 heavy (non-hydrogen) atoms. The Morgan fingerprint density at radius 1 is 1.03 bits per heavy atom. The van der Waals surface area contributed by atoms with E-state index in [9.17, 15) is 14.7 Å². The zero-order chi connectivity index (χ0) is 25.8. The molecule has 1 unspecified atom stereocenters. The van der Waals surface area contributed by atoms with Gasteiger partial charge in [-0.15, -0.1) is 0 Å². The van der Waals surface area contributed by atoms with Crippen LogP contribution in [0.1, 0.15) is 33.9 Å². The lowest BCUT2D eigenvalue weighted by atomic mass is 9.94. The first-order valence-electron chi connectivity index (χ1n) is 11.9. The van der Waals surface area contributed by atoms with E-state index >= 15 is 0 Å². The fraction of sp³-hybridized carbons (Fsp3) is 0.133. The summed E-state index contributed by atoms with van der Waals surface area (Å²) in [6, 6.07) is 21.2. The lowest BCUT2D eigenvalue weighted by Gasteiger charge is -2.27. The molecule has 5 rings (SSSR count). The number of likely N-dealkylation sites (tertiary alicyclic amines) is 1. The van der Waals surface area contributed by atoms with E-state index in [-0.39, 0.29) is 12.1 Å². The van der Waals surface area contributed by atoms with Crippen LogP contribution >= 0.6 is 0 Å². The lowest BCUT2D eigenvalue weighted by molar-refractivity contribution is -0.378. The number of rotatable bonds is 7. The summed E-state index contributed by atoms with van der Waals surface area (Å²) in [4.78, 5) is 35.0. The van der Waals surface area contributed by atoms with E-state index in [4.69, 9.17) is 4.74 Å². The van der Waals surface area contributed by atoms with Crippen molar-refractivity contribution in [2.24, 2.45) is 0 Å². The first-order valence-corrected chi connectivity index (χ1v) is 11.9. The van der Waals surface area contributed by atoms with Gasteiger partial charge >= 0.3 is 0 Å². The van der Waals surface area contributed by atoms with Crippen molar-refractivity contribution in [1.29, 1.82) is 0 Å². The summed E-state index contributed by atoms with van der Waals surface area (Å²) >= 11 is 0. The Bertz CT molecular complexity index is 1450. The van der Waals surface area contributed by atoms with Crippen molar-refractivity contribution in [2.45, 2.75) is 26.1 Å². The van der Waals surface area contributed by atoms with Crippen molar-refractivity contribution in [3.05, 3.63) is 131 Å². The molecule has 0 spiro atoms. The summed E-state index contributed by atoms with van der Waals surface area (Å²) in [7, 11) is 0. The minimum atomic E-state index is -0.838. The van der Waals surface area contributed by atoms with Gasteiger partial charge in [0.2, 0.25) is 5.78 Å². The molecule has 1 aliphatic heterocycles. The molecule has 7 nitrogen and oxygen atoms in total. The number of aromatic amines is 1. The molecule has 2 aromatic carbocycles. The Kier molecular flexibility index (Phi) is 6.76. The van der Waals surface area contributed by atoms with E-state index in [1.807, 2.05) is 42.5 Å². The van der Waals surface area contributed by atoms with Gasteiger partial charge in [0, 0.05) is 29.6 Å². The number of hydrogen-bond acceptors (Lipinski definition) is 5. The second-order valence-corrected chi connectivity index (χ2v) is 8.86. The summed E-state index contributed by atoms with van der Waals surface area (Å²) in [5, 5.41) is 13.8. The second kappa shape index (κ2) is 10.5. The normalized spacial score (nSPS) is 16.7. The van der Waals surface area contributed by atoms with Crippen molar-refractivity contribution in [1.82, 2.24) is 9.88 Å². The Labute approximate surface area is 214 Å². The molecule has 0 radical (unpaired) electrons. The average molecular weight is 492 g/mol. The zero-order valence-corrected chi connectivity index (χ0v) is 20.3. The highest BCUT2D eigenvalue weighted by Gasteiger charge is 2.44. The molecule has 1 atom stereocenters. The number of H-pyrrole nitrogens is 1. The number of nitrogens with zero attached hydrogens (tertiary/aromatic N) is 2. The number of ether oxygens (including phenoxy) is 1.